The van der Waals surface area contributed by atoms with Crippen molar-refractivity contribution in [2.75, 3.05) is 0 Å². The van der Waals surface area contributed by atoms with Gasteiger partial charge in [-0.25, -0.2) is 0 Å². The van der Waals surface area contributed by atoms with Crippen LogP contribution in [0.2, 0.25) is 0 Å². The van der Waals surface area contributed by atoms with Gasteiger partial charge in [0.15, 0.2) is 0 Å². The van der Waals surface area contributed by atoms with Gasteiger partial charge >= 0.3 is 0 Å². The molecule has 0 aliphatic heterocycles. The van der Waals surface area contributed by atoms with E-state index in [0.29, 0.717) is 25.0 Å². The molecule has 0 aliphatic rings. The third kappa shape index (κ3) is 25.6. The molecule has 0 aromatic rings. The molecule has 0 spiro atoms. The molecule has 0 saturated heterocycles. The molecular weight excluding hydrogens is 392 g/mol. The molecule has 0 rings (SSSR count). The maximum absolute atomic E-state index is 11.8. The molecule has 0 amide bonds. The van der Waals surface area contributed by atoms with E-state index in [-0.39, 0.29) is 6.10 Å². The summed E-state index contributed by atoms with van der Waals surface area (Å²) in [6.07, 6.45) is 33.8. The first-order valence-electron chi connectivity index (χ1n) is 14.5. The molecule has 0 saturated carbocycles. The standard InChI is InChI=1S/C30H58O2/c1-3-5-6-7-8-9-10-11-12-13-14-15-16-17-18-19-20-21-22-23-24-26-30(32)28-27-29(31)25-4-2/h11-12,29,31H,3-10,13-28H2,1-2H3/b12-11-. The minimum absolute atomic E-state index is 0.277. The molecule has 0 aromatic carbocycles. The number of rotatable bonds is 26. The van der Waals surface area contributed by atoms with Crippen molar-refractivity contribution in [3.05, 3.63) is 12.2 Å². The third-order valence-electron chi connectivity index (χ3n) is 6.60. The van der Waals surface area contributed by atoms with Crippen molar-refractivity contribution in [3.8, 4) is 0 Å². The molecule has 190 valence electrons. The van der Waals surface area contributed by atoms with Crippen molar-refractivity contribution < 1.29 is 9.90 Å². The van der Waals surface area contributed by atoms with Gasteiger partial charge in [-0.15, -0.1) is 0 Å². The second kappa shape index (κ2) is 26.6. The van der Waals surface area contributed by atoms with Crippen LogP contribution in [0.4, 0.5) is 0 Å². The number of carbonyl (C=O) groups excluding carboxylic acids is 1. The Morgan fingerprint density at radius 3 is 1.47 bits per heavy atom. The van der Waals surface area contributed by atoms with Crippen molar-refractivity contribution in [3.63, 3.8) is 0 Å². The SMILES string of the molecule is CCCCCCCC/C=C\CCCCCCCCCCCCCC(=O)CCC(O)CCC. The van der Waals surface area contributed by atoms with Crippen LogP contribution >= 0.6 is 0 Å². The van der Waals surface area contributed by atoms with Gasteiger partial charge < -0.3 is 5.11 Å². The van der Waals surface area contributed by atoms with Crippen molar-refractivity contribution in [2.24, 2.45) is 0 Å². The Morgan fingerprint density at radius 2 is 1.00 bits per heavy atom. The van der Waals surface area contributed by atoms with Crippen LogP contribution in [0, 0.1) is 0 Å². The molecule has 1 unspecified atom stereocenters. The highest BCUT2D eigenvalue weighted by molar-refractivity contribution is 5.78. The Morgan fingerprint density at radius 1 is 0.562 bits per heavy atom. The highest BCUT2D eigenvalue weighted by Gasteiger charge is 2.07. The largest absolute Gasteiger partial charge is 0.393 e. The first-order valence-corrected chi connectivity index (χ1v) is 14.5. The van der Waals surface area contributed by atoms with Gasteiger partial charge in [-0.05, 0) is 44.9 Å². The van der Waals surface area contributed by atoms with Gasteiger partial charge in [0.2, 0.25) is 0 Å². The number of allylic oxidation sites excluding steroid dienone is 2. The van der Waals surface area contributed by atoms with Crippen LogP contribution < -0.4 is 0 Å². The lowest BCUT2D eigenvalue weighted by atomic mass is 10.0. The van der Waals surface area contributed by atoms with Crippen molar-refractivity contribution in [2.45, 2.75) is 174 Å². The predicted octanol–water partition coefficient (Wildman–Crippen LogP) is 9.87. The summed E-state index contributed by atoms with van der Waals surface area (Å²) in [7, 11) is 0. The number of ketones is 1. The summed E-state index contributed by atoms with van der Waals surface area (Å²) >= 11 is 0. The Bertz CT molecular complexity index is 402. The van der Waals surface area contributed by atoms with Crippen LogP contribution in [0.15, 0.2) is 12.2 Å². The monoisotopic (exact) mass is 450 g/mol. The number of carbonyl (C=O) groups is 1. The van der Waals surface area contributed by atoms with E-state index in [1.54, 1.807) is 0 Å². The molecule has 32 heavy (non-hydrogen) atoms. The van der Waals surface area contributed by atoms with Crippen molar-refractivity contribution in [1.29, 1.82) is 0 Å². The lowest BCUT2D eigenvalue weighted by Gasteiger charge is -2.08. The molecule has 1 atom stereocenters. The zero-order valence-corrected chi connectivity index (χ0v) is 22.1. The van der Waals surface area contributed by atoms with E-state index < -0.39 is 0 Å². The number of unbranched alkanes of at least 4 members (excludes halogenated alkanes) is 17. The van der Waals surface area contributed by atoms with E-state index in [9.17, 15) is 9.90 Å². The summed E-state index contributed by atoms with van der Waals surface area (Å²) < 4.78 is 0. The van der Waals surface area contributed by atoms with Crippen LogP contribution in [0.1, 0.15) is 168 Å². The number of hydrogen-bond donors (Lipinski definition) is 1. The Hall–Kier alpha value is -0.630. The predicted molar refractivity (Wildman–Crippen MR) is 142 cm³/mol. The van der Waals surface area contributed by atoms with Crippen LogP contribution in [0.25, 0.3) is 0 Å². The molecule has 0 heterocycles. The van der Waals surface area contributed by atoms with E-state index in [2.05, 4.69) is 26.0 Å². The summed E-state index contributed by atoms with van der Waals surface area (Å²) in [6, 6.07) is 0. The average molecular weight is 451 g/mol. The number of aliphatic hydroxyl groups is 1. The minimum Gasteiger partial charge on any atom is -0.393 e. The third-order valence-corrected chi connectivity index (χ3v) is 6.60. The van der Waals surface area contributed by atoms with Crippen molar-refractivity contribution in [1.82, 2.24) is 0 Å². The lowest BCUT2D eigenvalue weighted by molar-refractivity contribution is -0.119. The number of Topliss-reactive ketones (excluding diaryl/α,β-unsaturated/α-hetero) is 1. The number of aliphatic hydroxyl groups excluding tert-OH is 1. The smallest absolute Gasteiger partial charge is 0.133 e. The zero-order valence-electron chi connectivity index (χ0n) is 22.1. The fraction of sp³-hybridized carbons (Fsp3) is 0.900. The molecule has 2 heteroatoms. The van der Waals surface area contributed by atoms with Crippen LogP contribution in [-0.2, 0) is 4.79 Å². The summed E-state index contributed by atoms with van der Waals surface area (Å²) in [5, 5.41) is 9.69. The average Bonchev–Trinajstić information content (AvgIpc) is 2.79. The highest BCUT2D eigenvalue weighted by Crippen LogP contribution is 2.14. The van der Waals surface area contributed by atoms with E-state index in [0.717, 1.165) is 19.3 Å². The first kappa shape index (κ1) is 31.4. The molecule has 1 N–H and O–H groups in total. The van der Waals surface area contributed by atoms with E-state index >= 15 is 0 Å². The van der Waals surface area contributed by atoms with Crippen LogP contribution in [0.3, 0.4) is 0 Å². The fourth-order valence-corrected chi connectivity index (χ4v) is 4.38. The van der Waals surface area contributed by atoms with Gasteiger partial charge in [-0.2, -0.15) is 0 Å². The fourth-order valence-electron chi connectivity index (χ4n) is 4.38. The van der Waals surface area contributed by atoms with Gasteiger partial charge in [0.25, 0.3) is 0 Å². The van der Waals surface area contributed by atoms with E-state index in [4.69, 9.17) is 0 Å². The Balaban J connectivity index is 3.19. The molecule has 0 fully saturated rings. The topological polar surface area (TPSA) is 37.3 Å². The summed E-state index contributed by atoms with van der Waals surface area (Å²) in [5.41, 5.74) is 0. The summed E-state index contributed by atoms with van der Waals surface area (Å²) in [6.45, 7) is 4.35. The van der Waals surface area contributed by atoms with Gasteiger partial charge in [-0.1, -0.05) is 122 Å². The van der Waals surface area contributed by atoms with Crippen LogP contribution in [-0.4, -0.2) is 17.0 Å². The quantitative estimate of drug-likeness (QED) is 0.105. The maximum atomic E-state index is 11.8. The van der Waals surface area contributed by atoms with Crippen molar-refractivity contribution >= 4 is 5.78 Å². The summed E-state index contributed by atoms with van der Waals surface area (Å²) in [4.78, 5) is 11.8. The van der Waals surface area contributed by atoms with Crippen LogP contribution in [0.5, 0.6) is 0 Å². The molecule has 0 aliphatic carbocycles. The molecule has 0 bridgehead atoms. The van der Waals surface area contributed by atoms with Gasteiger partial charge in [0.1, 0.15) is 5.78 Å². The van der Waals surface area contributed by atoms with Gasteiger partial charge in [0.05, 0.1) is 6.10 Å². The minimum atomic E-state index is -0.277. The molecule has 2 nitrogen and oxygen atoms in total. The van der Waals surface area contributed by atoms with Gasteiger partial charge in [0, 0.05) is 12.8 Å². The second-order valence-electron chi connectivity index (χ2n) is 9.98. The Kier molecular flexibility index (Phi) is 26.1. The molecule has 0 radical (unpaired) electrons. The summed E-state index contributed by atoms with van der Waals surface area (Å²) in [5.74, 6) is 0.341. The first-order chi connectivity index (χ1) is 15.7. The van der Waals surface area contributed by atoms with E-state index in [1.165, 1.54) is 116 Å². The molecule has 0 aromatic heterocycles. The van der Waals surface area contributed by atoms with Gasteiger partial charge in [-0.3, -0.25) is 4.79 Å². The zero-order chi connectivity index (χ0) is 23.5. The maximum Gasteiger partial charge on any atom is 0.133 e. The Labute approximate surface area is 202 Å². The second-order valence-corrected chi connectivity index (χ2v) is 9.98. The van der Waals surface area contributed by atoms with E-state index in [1.807, 2.05) is 0 Å². The number of hydrogen-bond acceptors (Lipinski definition) is 2. The highest BCUT2D eigenvalue weighted by atomic mass is 16.3. The lowest BCUT2D eigenvalue weighted by Crippen LogP contribution is -2.09. The molecular formula is C30H58O2. The normalized spacial score (nSPS) is 12.6.